The van der Waals surface area contributed by atoms with E-state index in [0.717, 1.165) is 11.3 Å². The van der Waals surface area contributed by atoms with Crippen molar-refractivity contribution >= 4 is 35.0 Å². The summed E-state index contributed by atoms with van der Waals surface area (Å²) in [5, 5.41) is 8.74. The van der Waals surface area contributed by atoms with Crippen molar-refractivity contribution in [3.63, 3.8) is 0 Å². The van der Waals surface area contributed by atoms with Gasteiger partial charge in [-0.25, -0.2) is 0 Å². The molecule has 0 N–H and O–H groups in total. The third-order valence-electron chi connectivity index (χ3n) is 4.04. The predicted octanol–water partition coefficient (Wildman–Crippen LogP) is 4.19. The molecule has 0 radical (unpaired) electrons. The molecule has 0 spiro atoms. The highest BCUT2D eigenvalue weighted by molar-refractivity contribution is 8.00. The van der Waals surface area contributed by atoms with Crippen LogP contribution in [0.5, 0.6) is 0 Å². The van der Waals surface area contributed by atoms with Gasteiger partial charge in [-0.2, -0.15) is 0 Å². The second kappa shape index (κ2) is 6.57. The molecule has 1 aliphatic rings. The third-order valence-corrected chi connectivity index (χ3v) is 5.45. The Morgan fingerprint density at radius 2 is 2.12 bits per heavy atom. The van der Waals surface area contributed by atoms with Crippen molar-refractivity contribution in [2.24, 2.45) is 0 Å². The highest BCUT2D eigenvalue weighted by Gasteiger charge is 2.35. The molecule has 2 aromatic heterocycles. The monoisotopic (exact) mass is 375 g/mol. The van der Waals surface area contributed by atoms with Gasteiger partial charge in [-0.1, -0.05) is 35.5 Å². The van der Waals surface area contributed by atoms with E-state index in [4.69, 9.17) is 20.4 Å². The first-order valence-corrected chi connectivity index (χ1v) is 9.00. The number of thioether (sulfide) groups is 1. The Hall–Kier alpha value is -2.25. The van der Waals surface area contributed by atoms with Gasteiger partial charge >= 0.3 is 0 Å². The summed E-state index contributed by atoms with van der Waals surface area (Å²) in [5.41, 5.74) is 1.49. The quantitative estimate of drug-likeness (QED) is 0.680. The molecule has 0 aliphatic carbocycles. The maximum Gasteiger partial charge on any atom is 0.277 e. The average molecular weight is 376 g/mol. The summed E-state index contributed by atoms with van der Waals surface area (Å²) in [4.78, 5) is 14.4. The number of amides is 1. The molecule has 4 rings (SSSR count). The van der Waals surface area contributed by atoms with Gasteiger partial charge in [0.15, 0.2) is 0 Å². The van der Waals surface area contributed by atoms with Gasteiger partial charge in [0.05, 0.1) is 27.8 Å². The summed E-state index contributed by atoms with van der Waals surface area (Å²) in [6, 6.07) is 9.11. The Morgan fingerprint density at radius 1 is 1.28 bits per heavy atom. The zero-order valence-corrected chi connectivity index (χ0v) is 14.9. The molecule has 3 heterocycles. The van der Waals surface area contributed by atoms with E-state index in [0.29, 0.717) is 34.9 Å². The van der Waals surface area contributed by atoms with Gasteiger partial charge in [0, 0.05) is 6.54 Å². The van der Waals surface area contributed by atoms with E-state index in [1.54, 1.807) is 23.3 Å². The third kappa shape index (κ3) is 3.05. The lowest BCUT2D eigenvalue weighted by Gasteiger charge is -2.17. The molecular weight excluding hydrogens is 362 g/mol. The Morgan fingerprint density at radius 3 is 2.88 bits per heavy atom. The lowest BCUT2D eigenvalue weighted by atomic mass is 10.3. The molecule has 1 unspecified atom stereocenters. The van der Waals surface area contributed by atoms with E-state index in [9.17, 15) is 4.79 Å². The summed E-state index contributed by atoms with van der Waals surface area (Å²) in [5.74, 6) is 1.10. The number of benzene rings is 1. The maximum absolute atomic E-state index is 12.7. The number of anilines is 1. The summed E-state index contributed by atoms with van der Waals surface area (Å²) in [6.07, 6.45) is 2.26. The first kappa shape index (κ1) is 16.2. The van der Waals surface area contributed by atoms with Gasteiger partial charge in [-0.15, -0.1) is 10.2 Å². The summed E-state index contributed by atoms with van der Waals surface area (Å²) >= 11 is 7.48. The molecule has 1 aromatic carbocycles. The topological polar surface area (TPSA) is 72.4 Å². The maximum atomic E-state index is 12.7. The number of rotatable bonds is 4. The average Bonchev–Trinajstić information content (AvgIpc) is 3.31. The van der Waals surface area contributed by atoms with Crippen molar-refractivity contribution in [1.82, 2.24) is 10.2 Å². The molecule has 8 heteroatoms. The molecule has 3 aromatic rings. The minimum absolute atomic E-state index is 0.00246. The number of carbonyl (C=O) groups is 1. The van der Waals surface area contributed by atoms with Crippen molar-refractivity contribution in [3.8, 4) is 11.5 Å². The van der Waals surface area contributed by atoms with E-state index in [-0.39, 0.29) is 11.2 Å². The van der Waals surface area contributed by atoms with Gasteiger partial charge in [-0.3, -0.25) is 4.79 Å². The number of furan rings is 1. The van der Waals surface area contributed by atoms with E-state index in [1.807, 2.05) is 25.1 Å². The van der Waals surface area contributed by atoms with Crippen molar-refractivity contribution in [2.75, 3.05) is 11.4 Å². The van der Waals surface area contributed by atoms with Gasteiger partial charge in [0.2, 0.25) is 5.91 Å². The summed E-state index contributed by atoms with van der Waals surface area (Å²) in [6.45, 7) is 2.44. The molecule has 0 saturated carbocycles. The van der Waals surface area contributed by atoms with Crippen molar-refractivity contribution in [2.45, 2.75) is 23.8 Å². The Kier molecular flexibility index (Phi) is 4.27. The number of hydrogen-bond donors (Lipinski definition) is 0. The normalized spacial score (nSPS) is 17.4. The molecule has 1 fully saturated rings. The number of halogens is 1. The molecule has 128 valence electrons. The number of hydrogen-bond acceptors (Lipinski definition) is 6. The van der Waals surface area contributed by atoms with Crippen molar-refractivity contribution in [3.05, 3.63) is 47.4 Å². The van der Waals surface area contributed by atoms with Crippen LogP contribution in [0.4, 0.5) is 5.69 Å². The second-order valence-electron chi connectivity index (χ2n) is 5.60. The van der Waals surface area contributed by atoms with Crippen LogP contribution in [-0.4, -0.2) is 27.9 Å². The van der Waals surface area contributed by atoms with E-state index >= 15 is 0 Å². The number of nitrogens with zero attached hydrogens (tertiary/aromatic N) is 3. The Balaban J connectivity index is 1.49. The fourth-order valence-corrected chi connectivity index (χ4v) is 3.92. The zero-order valence-electron chi connectivity index (χ0n) is 13.3. The van der Waals surface area contributed by atoms with Crippen LogP contribution in [0.25, 0.3) is 11.5 Å². The number of carbonyl (C=O) groups excluding carboxylic acids is 1. The van der Waals surface area contributed by atoms with Crippen LogP contribution in [-0.2, 0) is 4.79 Å². The molecule has 1 saturated heterocycles. The zero-order chi connectivity index (χ0) is 17.4. The highest BCUT2D eigenvalue weighted by atomic mass is 35.5. The second-order valence-corrected chi connectivity index (χ2v) is 7.16. The fourth-order valence-electron chi connectivity index (χ4n) is 2.77. The number of aryl methyl sites for hydroxylation is 1. The van der Waals surface area contributed by atoms with Crippen molar-refractivity contribution < 1.29 is 13.6 Å². The predicted molar refractivity (Wildman–Crippen MR) is 94.8 cm³/mol. The molecule has 25 heavy (non-hydrogen) atoms. The van der Waals surface area contributed by atoms with Crippen LogP contribution in [0.15, 0.2) is 50.7 Å². The first-order chi connectivity index (χ1) is 12.1. The van der Waals surface area contributed by atoms with Gasteiger partial charge in [0.1, 0.15) is 5.76 Å². The minimum Gasteiger partial charge on any atom is -0.469 e. The molecule has 1 amide bonds. The van der Waals surface area contributed by atoms with Crippen LogP contribution in [0, 0.1) is 6.92 Å². The Bertz CT molecular complexity index is 923. The molecular formula is C17H14ClN3O3S. The lowest BCUT2D eigenvalue weighted by molar-refractivity contribution is -0.116. The van der Waals surface area contributed by atoms with Crippen LogP contribution in [0.3, 0.4) is 0 Å². The van der Waals surface area contributed by atoms with Crippen LogP contribution >= 0.6 is 23.4 Å². The van der Waals surface area contributed by atoms with Crippen LogP contribution < -0.4 is 4.90 Å². The number of aromatic nitrogens is 2. The van der Waals surface area contributed by atoms with Gasteiger partial charge in [-0.05, 0) is 31.5 Å². The van der Waals surface area contributed by atoms with Crippen molar-refractivity contribution in [1.29, 1.82) is 0 Å². The lowest BCUT2D eigenvalue weighted by Crippen LogP contribution is -2.28. The van der Waals surface area contributed by atoms with E-state index in [1.165, 1.54) is 11.8 Å². The first-order valence-electron chi connectivity index (χ1n) is 7.74. The molecule has 6 nitrogen and oxygen atoms in total. The minimum atomic E-state index is -0.269. The Labute approximate surface area is 153 Å². The SMILES string of the molecule is Cc1occc1-c1nnc(SC2CCN(c3ccccc3Cl)C2=O)o1. The highest BCUT2D eigenvalue weighted by Crippen LogP contribution is 2.36. The number of para-hydroxylation sites is 1. The summed E-state index contributed by atoms with van der Waals surface area (Å²) in [7, 11) is 0. The molecule has 1 atom stereocenters. The van der Waals surface area contributed by atoms with Crippen LogP contribution in [0.2, 0.25) is 5.02 Å². The smallest absolute Gasteiger partial charge is 0.277 e. The summed E-state index contributed by atoms with van der Waals surface area (Å²) < 4.78 is 10.9. The van der Waals surface area contributed by atoms with E-state index < -0.39 is 0 Å². The molecule has 1 aliphatic heterocycles. The van der Waals surface area contributed by atoms with Gasteiger partial charge < -0.3 is 13.7 Å². The van der Waals surface area contributed by atoms with E-state index in [2.05, 4.69) is 10.2 Å². The largest absolute Gasteiger partial charge is 0.469 e. The standard InChI is InChI=1S/C17H14ClN3O3S/c1-10-11(7-9-23-10)15-19-20-17(24-15)25-14-6-8-21(16(14)22)13-5-3-2-4-12(13)18/h2-5,7,9,14H,6,8H2,1H3. The van der Waals surface area contributed by atoms with Gasteiger partial charge in [0.25, 0.3) is 11.1 Å². The fraction of sp³-hybridized carbons (Fsp3) is 0.235. The molecule has 0 bridgehead atoms. The van der Waals surface area contributed by atoms with Crippen LogP contribution in [0.1, 0.15) is 12.2 Å².